The van der Waals surface area contributed by atoms with Crippen LogP contribution in [0, 0.1) is 0 Å². The number of thiazole rings is 1. The number of aliphatic imine (C=N–C) groups is 1. The zero-order chi connectivity index (χ0) is 20.9. The number of nitrogens with one attached hydrogen (secondary N) is 2. The number of hydrogen-bond donors (Lipinski definition) is 2. The van der Waals surface area contributed by atoms with Crippen LogP contribution >= 0.6 is 11.3 Å². The maximum Gasteiger partial charge on any atom is 0.197 e. The van der Waals surface area contributed by atoms with Crippen LogP contribution in [0.15, 0.2) is 53.1 Å². The van der Waals surface area contributed by atoms with Gasteiger partial charge in [-0.25, -0.2) is 9.97 Å². The average molecular weight is 436 g/mol. The van der Waals surface area contributed by atoms with Gasteiger partial charge in [-0.3, -0.25) is 9.98 Å². The minimum Gasteiger partial charge on any atom is -0.490 e. The van der Waals surface area contributed by atoms with Gasteiger partial charge in [-0.15, -0.1) is 11.3 Å². The molecule has 3 aromatic rings. The van der Waals surface area contributed by atoms with Gasteiger partial charge < -0.3 is 20.3 Å². The first-order valence-electron chi connectivity index (χ1n) is 10.6. The molecule has 0 amide bonds. The largest absolute Gasteiger partial charge is 0.490 e. The number of nitrogens with zero attached hydrogens (tertiary/aromatic N) is 5. The van der Waals surface area contributed by atoms with Gasteiger partial charge in [-0.1, -0.05) is 6.07 Å². The lowest BCUT2D eigenvalue weighted by Crippen LogP contribution is -2.38. The van der Waals surface area contributed by atoms with Crippen molar-refractivity contribution in [3.63, 3.8) is 0 Å². The number of guanidine groups is 1. The van der Waals surface area contributed by atoms with Crippen LogP contribution < -0.4 is 20.3 Å². The summed E-state index contributed by atoms with van der Waals surface area (Å²) in [5.74, 6) is 2.67. The molecule has 5 rings (SSSR count). The molecular weight excluding hydrogens is 410 g/mol. The van der Waals surface area contributed by atoms with Crippen molar-refractivity contribution in [3.05, 3.63) is 48.1 Å². The smallest absolute Gasteiger partial charge is 0.197 e. The van der Waals surface area contributed by atoms with Crippen molar-refractivity contribution in [2.24, 2.45) is 4.99 Å². The van der Waals surface area contributed by atoms with Crippen molar-refractivity contribution in [2.45, 2.75) is 25.4 Å². The van der Waals surface area contributed by atoms with E-state index in [1.54, 1.807) is 23.7 Å². The topological polar surface area (TPSA) is 87.6 Å². The first-order chi connectivity index (χ1) is 15.3. The third kappa shape index (κ3) is 4.93. The molecule has 5 heterocycles. The second-order valence-electron chi connectivity index (χ2n) is 7.54. The van der Waals surface area contributed by atoms with E-state index in [0.717, 1.165) is 79.5 Å². The average Bonchev–Trinajstić information content (AvgIpc) is 3.30. The standard InChI is InChI=1S/C22H25N7OS/c1-3-18(19-15-31-22(27-19)28-21-24-9-2-10-25-21)26-20(4-1)29-13-7-17(8-14-29)30-16-5-11-23-12-6-16/h1,3-6,11-12,15,17H,2,7-10,13-14H2,(H2,24,25,27,28). The van der Waals surface area contributed by atoms with Crippen molar-refractivity contribution in [1.29, 1.82) is 0 Å². The molecule has 2 aliphatic rings. The number of piperidine rings is 1. The second kappa shape index (κ2) is 9.30. The fourth-order valence-electron chi connectivity index (χ4n) is 3.72. The predicted octanol–water partition coefficient (Wildman–Crippen LogP) is 3.41. The highest BCUT2D eigenvalue weighted by atomic mass is 32.1. The van der Waals surface area contributed by atoms with Gasteiger partial charge in [0.05, 0.1) is 5.69 Å². The van der Waals surface area contributed by atoms with Gasteiger partial charge in [0.15, 0.2) is 11.1 Å². The summed E-state index contributed by atoms with van der Waals surface area (Å²) in [4.78, 5) is 20.4. The molecule has 2 aliphatic heterocycles. The van der Waals surface area contributed by atoms with Gasteiger partial charge >= 0.3 is 0 Å². The number of ether oxygens (including phenoxy) is 1. The molecule has 160 valence electrons. The fraction of sp³-hybridized carbons (Fsp3) is 0.364. The molecule has 0 unspecified atom stereocenters. The molecule has 31 heavy (non-hydrogen) atoms. The van der Waals surface area contributed by atoms with E-state index in [1.807, 2.05) is 23.6 Å². The van der Waals surface area contributed by atoms with Crippen LogP contribution in [0.25, 0.3) is 11.4 Å². The van der Waals surface area contributed by atoms with E-state index < -0.39 is 0 Å². The molecule has 9 heteroatoms. The van der Waals surface area contributed by atoms with Crippen LogP contribution in [0.5, 0.6) is 5.75 Å². The van der Waals surface area contributed by atoms with Gasteiger partial charge in [0, 0.05) is 56.8 Å². The fourth-order valence-corrected chi connectivity index (χ4v) is 4.42. The van der Waals surface area contributed by atoms with E-state index >= 15 is 0 Å². The van der Waals surface area contributed by atoms with Gasteiger partial charge in [0.2, 0.25) is 0 Å². The Hall–Kier alpha value is -3.20. The zero-order valence-corrected chi connectivity index (χ0v) is 18.0. The summed E-state index contributed by atoms with van der Waals surface area (Å²) in [5, 5.41) is 9.38. The van der Waals surface area contributed by atoms with E-state index in [9.17, 15) is 0 Å². The number of aromatic nitrogens is 3. The first kappa shape index (κ1) is 19.7. The van der Waals surface area contributed by atoms with Crippen LogP contribution in [0.3, 0.4) is 0 Å². The predicted molar refractivity (Wildman–Crippen MR) is 124 cm³/mol. The zero-order valence-electron chi connectivity index (χ0n) is 17.2. The number of rotatable bonds is 5. The molecule has 0 aliphatic carbocycles. The van der Waals surface area contributed by atoms with E-state index in [0.29, 0.717) is 0 Å². The Balaban J connectivity index is 1.21. The maximum atomic E-state index is 6.08. The molecule has 0 radical (unpaired) electrons. The van der Waals surface area contributed by atoms with Gasteiger partial charge in [-0.05, 0) is 30.7 Å². The molecule has 0 saturated carbocycles. The highest BCUT2D eigenvalue weighted by Crippen LogP contribution is 2.27. The summed E-state index contributed by atoms with van der Waals surface area (Å²) in [5.41, 5.74) is 1.76. The van der Waals surface area contributed by atoms with Crippen LogP contribution in [-0.2, 0) is 0 Å². The Labute approximate surface area is 185 Å². The maximum absolute atomic E-state index is 6.08. The second-order valence-corrected chi connectivity index (χ2v) is 8.40. The molecule has 2 N–H and O–H groups in total. The molecule has 0 spiro atoms. The van der Waals surface area contributed by atoms with Crippen LogP contribution in [0.1, 0.15) is 19.3 Å². The molecule has 8 nitrogen and oxygen atoms in total. The molecule has 0 atom stereocenters. The summed E-state index contributed by atoms with van der Waals surface area (Å²) in [6, 6.07) is 9.95. The highest BCUT2D eigenvalue weighted by Gasteiger charge is 2.22. The van der Waals surface area contributed by atoms with Gasteiger partial charge in [0.1, 0.15) is 23.4 Å². The van der Waals surface area contributed by atoms with Crippen molar-refractivity contribution >= 4 is 28.2 Å². The van der Waals surface area contributed by atoms with E-state index in [-0.39, 0.29) is 6.10 Å². The Bertz CT molecular complexity index is 1030. The van der Waals surface area contributed by atoms with Crippen LogP contribution in [-0.4, -0.2) is 53.2 Å². The minimum atomic E-state index is 0.227. The molecule has 3 aromatic heterocycles. The molecule has 0 bridgehead atoms. The van der Waals surface area contributed by atoms with Gasteiger partial charge in [0.25, 0.3) is 0 Å². The molecule has 1 saturated heterocycles. The molecular formula is C22H25N7OS. The highest BCUT2D eigenvalue weighted by molar-refractivity contribution is 7.14. The monoisotopic (exact) mass is 435 g/mol. The Morgan fingerprint density at radius 1 is 1.06 bits per heavy atom. The summed E-state index contributed by atoms with van der Waals surface area (Å²) >= 11 is 1.56. The Kier molecular flexibility index (Phi) is 5.92. The first-order valence-corrected chi connectivity index (χ1v) is 11.5. The van der Waals surface area contributed by atoms with Crippen molar-refractivity contribution in [1.82, 2.24) is 20.3 Å². The van der Waals surface area contributed by atoms with Gasteiger partial charge in [-0.2, -0.15) is 0 Å². The summed E-state index contributed by atoms with van der Waals surface area (Å²) in [6.45, 7) is 3.63. The quantitative estimate of drug-likeness (QED) is 0.635. The number of hydrogen-bond acceptors (Lipinski definition) is 9. The third-order valence-electron chi connectivity index (χ3n) is 5.34. The Morgan fingerprint density at radius 2 is 1.94 bits per heavy atom. The third-order valence-corrected chi connectivity index (χ3v) is 6.10. The molecule has 0 aromatic carbocycles. The van der Waals surface area contributed by atoms with Crippen molar-refractivity contribution in [2.75, 3.05) is 36.4 Å². The van der Waals surface area contributed by atoms with E-state index in [2.05, 4.69) is 37.6 Å². The number of anilines is 2. The van der Waals surface area contributed by atoms with Crippen LogP contribution in [0.2, 0.25) is 0 Å². The minimum absolute atomic E-state index is 0.227. The Morgan fingerprint density at radius 3 is 2.74 bits per heavy atom. The van der Waals surface area contributed by atoms with Crippen molar-refractivity contribution < 1.29 is 4.74 Å². The summed E-state index contributed by atoms with van der Waals surface area (Å²) in [7, 11) is 0. The SMILES string of the molecule is c1cc(-c2csc(NC3=NCCCN3)n2)nc(N2CCC(Oc3ccncc3)CC2)c1. The molecule has 1 fully saturated rings. The normalized spacial score (nSPS) is 17.0. The van der Waals surface area contributed by atoms with Crippen LogP contribution in [0.4, 0.5) is 10.9 Å². The number of pyridine rings is 2. The summed E-state index contributed by atoms with van der Waals surface area (Å²) in [6.07, 6.45) is 6.75. The van der Waals surface area contributed by atoms with E-state index in [1.165, 1.54) is 0 Å². The summed E-state index contributed by atoms with van der Waals surface area (Å²) < 4.78 is 6.08. The lowest BCUT2D eigenvalue weighted by molar-refractivity contribution is 0.170. The van der Waals surface area contributed by atoms with E-state index in [4.69, 9.17) is 14.7 Å². The lowest BCUT2D eigenvalue weighted by atomic mass is 10.1. The lowest BCUT2D eigenvalue weighted by Gasteiger charge is -2.33. The van der Waals surface area contributed by atoms with Crippen molar-refractivity contribution in [3.8, 4) is 17.1 Å².